The van der Waals surface area contributed by atoms with Crippen LogP contribution in [0.25, 0.3) is 0 Å². The van der Waals surface area contributed by atoms with E-state index in [2.05, 4.69) is 80.0 Å². The van der Waals surface area contributed by atoms with Crippen molar-refractivity contribution in [3.05, 3.63) is 135 Å². The molecule has 0 radical (unpaired) electrons. The van der Waals surface area contributed by atoms with E-state index in [9.17, 15) is 67.4 Å². The summed E-state index contributed by atoms with van der Waals surface area (Å²) in [7, 11) is 6.25. The monoisotopic (exact) mass is 1880 g/mol. The number of quaternary nitrogens is 2. The third-order valence-electron chi connectivity index (χ3n) is 25.0. The van der Waals surface area contributed by atoms with Crippen LogP contribution in [0.1, 0.15) is 335 Å². The molecule has 736 valence electrons. The largest absolute Gasteiger partial charge is 1.00 e. The Bertz CT molecular complexity index is 3820. The number of aliphatic carboxylic acids is 1. The minimum absolute atomic E-state index is 0. The van der Waals surface area contributed by atoms with E-state index in [0.717, 1.165) is 114 Å². The number of benzene rings is 3. The van der Waals surface area contributed by atoms with Crippen LogP contribution < -0.4 is 64.2 Å². The fourth-order valence-electron chi connectivity index (χ4n) is 12.0. The molecule has 4 unspecified atom stereocenters. The third kappa shape index (κ3) is 46.9. The number of hydrogen-bond acceptors (Lipinski definition) is 19. The topological polar surface area (TPSA) is 301 Å². The predicted molar refractivity (Wildman–Crippen MR) is 506 cm³/mol. The van der Waals surface area contributed by atoms with Crippen LogP contribution in [-0.4, -0.2) is 194 Å². The van der Waals surface area contributed by atoms with E-state index in [1.165, 1.54) is 62.9 Å². The smallest absolute Gasteiger partial charge is 1.00 e. The van der Waals surface area contributed by atoms with Crippen LogP contribution in [0, 0.1) is 34.0 Å². The van der Waals surface area contributed by atoms with E-state index in [0.29, 0.717) is 115 Å². The van der Waals surface area contributed by atoms with E-state index in [-0.39, 0.29) is 149 Å². The van der Waals surface area contributed by atoms with E-state index < -0.39 is 16.8 Å². The number of halogens is 2. The summed E-state index contributed by atoms with van der Waals surface area (Å²) in [6.45, 7) is 58.7. The van der Waals surface area contributed by atoms with Gasteiger partial charge in [0.05, 0.1) is 89.2 Å². The first-order chi connectivity index (χ1) is 59.9. The number of ether oxygens (including phenoxy) is 5. The summed E-state index contributed by atoms with van der Waals surface area (Å²) in [5, 5.41) is 10.1. The zero-order valence-corrected chi connectivity index (χ0v) is 89.5. The molecule has 3 aliphatic heterocycles. The minimum atomic E-state index is -0.972. The molecule has 6 rings (SSSR count). The summed E-state index contributed by atoms with van der Waals surface area (Å²) >= 11 is 0. The second-order valence-electron chi connectivity index (χ2n) is 37.0. The van der Waals surface area contributed by atoms with Crippen molar-refractivity contribution < 1.29 is 154 Å². The van der Waals surface area contributed by atoms with Crippen molar-refractivity contribution in [2.75, 3.05) is 93.4 Å². The van der Waals surface area contributed by atoms with E-state index in [1.807, 2.05) is 108 Å². The fourth-order valence-corrected chi connectivity index (χ4v) is 12.0. The third-order valence-corrected chi connectivity index (χ3v) is 25.0. The number of imide groups is 3. The quantitative estimate of drug-likeness (QED) is 0.00742. The molecule has 3 heterocycles. The van der Waals surface area contributed by atoms with Crippen molar-refractivity contribution in [1.29, 1.82) is 0 Å². The van der Waals surface area contributed by atoms with Crippen molar-refractivity contribution in [3.8, 4) is 5.75 Å². The Balaban J connectivity index is -0.000000726. The van der Waals surface area contributed by atoms with Gasteiger partial charge in [-0.1, -0.05) is 164 Å². The second-order valence-corrected chi connectivity index (χ2v) is 37.0. The molecular weight excluding hydrogens is 1720 g/mol. The van der Waals surface area contributed by atoms with Crippen LogP contribution in [0.4, 0.5) is 0 Å². The Kier molecular flexibility index (Phi) is 65.9. The summed E-state index contributed by atoms with van der Waals surface area (Å²) in [4.78, 5) is 155. The number of carbonyl (C=O) groups excluding carboxylic acids is 13. The normalized spacial score (nSPS) is 14.1. The molecule has 0 spiro atoms. The number of likely N-dealkylation sites (N-methyl/N-ethyl adjacent to an activating group) is 1. The maximum atomic E-state index is 12.3. The van der Waals surface area contributed by atoms with Crippen molar-refractivity contribution in [2.45, 2.75) is 314 Å². The SMILES string of the molecule is CCC(C)(C)C(=O)OCC[N+](C)(C)C.CCC(C)(C)C(=O)Oc1ccc(C(=O)c2ccccc2)cc1.CCC(C)(C)C(=O)[O-].CCC(C)C(=O)OCCCCCCN1C(=O)C(C)=C(C)C1=O.CCC(C)C(=O)OCCCCCCN1C(=O)C(C)=C(C)C1=O.CCC(C)C(=O)OCCCCCCN1C(=O)C(C)=C(C)C1=O.CCC(C)c1ccc(C[N+](CC)(CC)CC)cc1.[Cl-].[Cl-].[Na+]. The van der Waals surface area contributed by atoms with Crippen LogP contribution >= 0.6 is 0 Å². The van der Waals surface area contributed by atoms with Crippen LogP contribution in [0.15, 0.2) is 112 Å². The molecule has 0 saturated carbocycles. The minimum Gasteiger partial charge on any atom is -1.00 e. The first-order valence-electron chi connectivity index (χ1n) is 47.1. The number of amides is 6. The zero-order valence-electron chi connectivity index (χ0n) is 86.0. The standard InChI is InChI=1S/C19H20O3.3C17H27NO4.C17H30N.C11H24NO2.C6H12O2.2ClH.Na/c1-4-19(2,3)18(21)22-16-12-10-15(11-13-16)17(20)14-8-6-5-7-9-14;3*1-5-12(2)17(21)22-11-9-7-6-8-10-18-15(19)13(3)14(4)16(18)20;1-6-15(5)17-12-10-16(11-13-17)14-18(7-2,8-3)9-4;1-7-11(2,3)10(13)14-9-8-12(4,5)6;1-4-6(2,3)5(7)8;;;/h5-13H,4H2,1-3H3;3*12H,5-11H2,1-4H3;10-13,15H,6-9,14H2,1-5H3;7-9H2,1-6H3;4H2,1-3H3,(H,7,8);2*1H;/q;;;;2*+1;;;;+1/p-3. The number of rotatable bonds is 46. The van der Waals surface area contributed by atoms with Gasteiger partial charge in [-0.15, -0.1) is 0 Å². The number of carboxylic acids is 1. The summed E-state index contributed by atoms with van der Waals surface area (Å²) in [6.07, 6.45) is 16.1. The Morgan fingerprint density at radius 3 is 0.962 bits per heavy atom. The first-order valence-corrected chi connectivity index (χ1v) is 47.1. The van der Waals surface area contributed by atoms with Gasteiger partial charge in [0.15, 0.2) is 5.78 Å². The van der Waals surface area contributed by atoms with Crippen LogP contribution in [0.5, 0.6) is 5.75 Å². The van der Waals surface area contributed by atoms with Crippen molar-refractivity contribution >= 4 is 77.0 Å². The van der Waals surface area contributed by atoms with Crippen molar-refractivity contribution in [1.82, 2.24) is 14.7 Å². The average molecular weight is 1880 g/mol. The maximum Gasteiger partial charge on any atom is 1.00 e. The zero-order chi connectivity index (χ0) is 98.0. The summed E-state index contributed by atoms with van der Waals surface area (Å²) in [5.41, 5.74) is 6.00. The Morgan fingerprint density at radius 1 is 0.382 bits per heavy atom. The van der Waals surface area contributed by atoms with E-state index >= 15 is 0 Å². The van der Waals surface area contributed by atoms with Crippen molar-refractivity contribution in [3.63, 3.8) is 0 Å². The number of hydrogen-bond donors (Lipinski definition) is 0. The van der Waals surface area contributed by atoms with Gasteiger partial charge in [-0.25, -0.2) is 0 Å². The number of nitrogens with zero attached hydrogens (tertiary/aromatic N) is 5. The molecule has 0 fully saturated rings. The second kappa shape index (κ2) is 66.7. The number of carboxylic acid groups (broad SMARTS) is 1. The first kappa shape index (κ1) is 130. The predicted octanol–water partition coefficient (Wildman–Crippen LogP) is 10.2. The van der Waals surface area contributed by atoms with Gasteiger partial charge in [0.25, 0.3) is 35.4 Å². The molecule has 0 aliphatic carbocycles. The Labute approximate surface area is 822 Å². The molecule has 0 saturated heterocycles. The maximum absolute atomic E-state index is 12.3. The van der Waals surface area contributed by atoms with E-state index in [4.69, 9.17) is 23.7 Å². The van der Waals surface area contributed by atoms with Crippen LogP contribution in [0.3, 0.4) is 0 Å². The molecule has 0 N–H and O–H groups in total. The fraction of sp³-hybridized carbons (Fsp3) is 0.644. The Hall–Kier alpha value is -7.71. The van der Waals surface area contributed by atoms with Gasteiger partial charge < -0.3 is 67.4 Å². The molecule has 24 nitrogen and oxygen atoms in total. The van der Waals surface area contributed by atoms with E-state index in [1.54, 1.807) is 91.8 Å². The van der Waals surface area contributed by atoms with Crippen LogP contribution in [-0.2, 0) is 83.0 Å². The molecule has 27 heteroatoms. The molecule has 6 amide bonds. The average Bonchev–Trinajstić information content (AvgIpc) is 1.67. The van der Waals surface area contributed by atoms with Gasteiger partial charge in [0.2, 0.25) is 0 Å². The number of unbranched alkanes of at least 4 members (excludes halogenated alkanes) is 9. The van der Waals surface area contributed by atoms with Gasteiger partial charge in [-0.05, 0) is 228 Å². The molecule has 4 atom stereocenters. The Morgan fingerprint density at radius 2 is 0.687 bits per heavy atom. The molecular formula is C104H166Cl2N5NaO19. The summed E-state index contributed by atoms with van der Waals surface area (Å²) < 4.78 is 28.1. The number of esters is 5. The van der Waals surface area contributed by atoms with Crippen molar-refractivity contribution in [2.24, 2.45) is 34.0 Å². The number of carbonyl (C=O) groups is 13. The van der Waals surface area contributed by atoms with Gasteiger partial charge >= 0.3 is 59.4 Å². The summed E-state index contributed by atoms with van der Waals surface area (Å²) in [6, 6.07) is 25.0. The number of ketones is 1. The van der Waals surface area contributed by atoms with Gasteiger partial charge in [-0.3, -0.25) is 72.2 Å². The molecule has 3 aliphatic rings. The van der Waals surface area contributed by atoms with Crippen LogP contribution in [0.2, 0.25) is 0 Å². The molecule has 3 aromatic carbocycles. The molecule has 0 aromatic heterocycles. The molecule has 0 bridgehead atoms. The van der Waals surface area contributed by atoms with Gasteiger partial charge in [0.1, 0.15) is 25.4 Å². The van der Waals surface area contributed by atoms with Gasteiger partial charge in [0, 0.05) is 81.1 Å². The molecule has 3 aromatic rings. The van der Waals surface area contributed by atoms with Gasteiger partial charge in [-0.2, -0.15) is 0 Å². The summed E-state index contributed by atoms with van der Waals surface area (Å²) in [5.74, 6) is -1.72. The molecule has 131 heavy (non-hydrogen) atoms.